The predicted octanol–water partition coefficient (Wildman–Crippen LogP) is -0.254. The molecule has 0 heterocycles. The Bertz CT molecular complexity index is 555. The van der Waals surface area contributed by atoms with Gasteiger partial charge in [0.25, 0.3) is 0 Å². The molecule has 0 aromatic heterocycles. The molecular weight excluding hydrogens is 327 g/mol. The molecule has 1 aromatic carbocycles. The number of carboxylic acid groups (broad SMARTS) is 1. The minimum atomic E-state index is -1.26. The first-order valence-corrected chi connectivity index (χ1v) is 4.81. The number of hydrogen-bond donors (Lipinski definition) is 5. The van der Waals surface area contributed by atoms with Crippen LogP contribution in [0.2, 0.25) is 0 Å². The Balaban J connectivity index is 0. The summed E-state index contributed by atoms with van der Waals surface area (Å²) < 4.78 is 0. The van der Waals surface area contributed by atoms with Crippen molar-refractivity contribution in [2.24, 2.45) is 23.2 Å². The normalized spacial score (nSPS) is 8.86. The number of hydrazine groups is 2. The Morgan fingerprint density at radius 3 is 1.71 bits per heavy atom. The van der Waals surface area contributed by atoms with Gasteiger partial charge in [0.05, 0.1) is 16.9 Å². The number of carboxylic acids is 1. The molecule has 0 spiro atoms. The summed E-state index contributed by atoms with van der Waals surface area (Å²) in [5.41, 5.74) is 9.54. The third kappa shape index (κ3) is 4.65. The van der Waals surface area contributed by atoms with Crippen molar-refractivity contribution in [1.29, 1.82) is 0 Å². The molecule has 10 nitrogen and oxygen atoms in total. The molecule has 0 aliphatic carbocycles. The van der Waals surface area contributed by atoms with Crippen LogP contribution in [0.25, 0.3) is 0 Å². The van der Waals surface area contributed by atoms with Crippen LogP contribution in [0.15, 0.2) is 18.2 Å². The van der Waals surface area contributed by atoms with Gasteiger partial charge in [-0.25, -0.2) is 36.1 Å². The summed E-state index contributed by atoms with van der Waals surface area (Å²) in [6, 6.07) is 1.28. The number of halogens is 2. The van der Waals surface area contributed by atoms with E-state index in [0.717, 1.165) is 6.07 Å². The smallest absolute Gasteiger partial charge is 0.335 e. The molecule has 0 atom stereocenters. The Morgan fingerprint density at radius 1 is 0.905 bits per heavy atom. The third-order valence-electron chi connectivity index (χ3n) is 2.22. The van der Waals surface area contributed by atoms with E-state index in [2.05, 4.69) is 0 Å². The van der Waals surface area contributed by atoms with E-state index in [1.807, 2.05) is 0 Å². The molecule has 0 radical (unpaired) electrons. The maximum atomic E-state index is 11.0. The molecule has 0 saturated carbocycles. The molecule has 0 saturated heterocycles. The monoisotopic (exact) mass is 340 g/mol. The maximum absolute atomic E-state index is 11.0. The van der Waals surface area contributed by atoms with Crippen LogP contribution in [0.4, 0.5) is 21.0 Å². The number of nitrogens with zero attached hydrogens (tertiary/aromatic N) is 2. The summed E-state index contributed by atoms with van der Waals surface area (Å²) in [4.78, 5) is 32.9. The van der Waals surface area contributed by atoms with Crippen LogP contribution in [0.1, 0.15) is 10.4 Å². The van der Waals surface area contributed by atoms with Gasteiger partial charge >= 0.3 is 18.0 Å². The van der Waals surface area contributed by atoms with Crippen LogP contribution in [0.5, 0.6) is 0 Å². The van der Waals surface area contributed by atoms with Crippen molar-refractivity contribution in [3.8, 4) is 0 Å². The molecule has 12 heteroatoms. The number of hydrogen-bond acceptors (Lipinski definition) is 5. The van der Waals surface area contributed by atoms with Crippen LogP contribution >= 0.6 is 24.8 Å². The number of carbonyl (C=O) groups excluding carboxylic acids is 2. The van der Waals surface area contributed by atoms with E-state index < -0.39 is 18.0 Å². The van der Waals surface area contributed by atoms with Crippen LogP contribution in [0, 0.1) is 0 Å². The third-order valence-corrected chi connectivity index (χ3v) is 2.22. The number of rotatable bonds is 3. The van der Waals surface area contributed by atoms with E-state index in [9.17, 15) is 14.4 Å². The highest BCUT2D eigenvalue weighted by molar-refractivity contribution is 6.01. The topological polar surface area (TPSA) is 182 Å². The van der Waals surface area contributed by atoms with Crippen molar-refractivity contribution in [1.82, 2.24) is 0 Å². The fourth-order valence-electron chi connectivity index (χ4n) is 1.29. The highest BCUT2D eigenvalue weighted by Gasteiger charge is 2.20. The van der Waals surface area contributed by atoms with Gasteiger partial charge < -0.3 is 16.6 Å². The van der Waals surface area contributed by atoms with Gasteiger partial charge in [0.2, 0.25) is 0 Å². The summed E-state index contributed by atoms with van der Waals surface area (Å²) in [5, 5.41) is 9.81. The zero-order valence-corrected chi connectivity index (χ0v) is 12.1. The summed E-state index contributed by atoms with van der Waals surface area (Å²) in [5.74, 6) is 9.50. The SMILES string of the molecule is Cl.Cl.NC(=O)N(N)c1ccc(C(=O)O)cc1N(N)C(N)=O. The lowest BCUT2D eigenvalue weighted by molar-refractivity contribution is 0.0697. The fraction of sp³-hybridized carbons (Fsp3) is 0. The molecule has 0 unspecified atom stereocenters. The number of carbonyl (C=O) groups is 3. The van der Waals surface area contributed by atoms with Gasteiger partial charge in [-0.1, -0.05) is 0 Å². The average molecular weight is 341 g/mol. The van der Waals surface area contributed by atoms with Crippen LogP contribution in [-0.2, 0) is 0 Å². The zero-order chi connectivity index (χ0) is 14.7. The highest BCUT2D eigenvalue weighted by atomic mass is 35.5. The van der Waals surface area contributed by atoms with Crippen molar-refractivity contribution < 1.29 is 19.5 Å². The second-order valence-corrected chi connectivity index (χ2v) is 3.43. The first-order chi connectivity index (χ1) is 8.75. The lowest BCUT2D eigenvalue weighted by Gasteiger charge is -2.22. The van der Waals surface area contributed by atoms with E-state index in [4.69, 9.17) is 28.3 Å². The summed E-state index contributed by atoms with van der Waals surface area (Å²) in [6.45, 7) is 0. The van der Waals surface area contributed by atoms with E-state index in [0.29, 0.717) is 10.0 Å². The van der Waals surface area contributed by atoms with Gasteiger partial charge in [-0.2, -0.15) is 0 Å². The van der Waals surface area contributed by atoms with Gasteiger partial charge in [0.1, 0.15) is 0 Å². The minimum absolute atomic E-state index is 0. The number of nitrogens with two attached hydrogens (primary N) is 4. The number of urea groups is 2. The maximum Gasteiger partial charge on any atom is 0.335 e. The van der Waals surface area contributed by atoms with Crippen LogP contribution in [0.3, 0.4) is 0 Å². The molecule has 1 aromatic rings. The average Bonchev–Trinajstić information content (AvgIpc) is 2.35. The van der Waals surface area contributed by atoms with Crippen molar-refractivity contribution in [2.75, 3.05) is 10.0 Å². The van der Waals surface area contributed by atoms with Crippen molar-refractivity contribution in [2.45, 2.75) is 0 Å². The highest BCUT2D eigenvalue weighted by Crippen LogP contribution is 2.27. The summed E-state index contributed by atoms with van der Waals surface area (Å²) >= 11 is 0. The van der Waals surface area contributed by atoms with Gasteiger partial charge in [-0.15, -0.1) is 24.8 Å². The Kier molecular flexibility index (Phi) is 8.13. The summed E-state index contributed by atoms with van der Waals surface area (Å²) in [6.07, 6.45) is 0. The van der Waals surface area contributed by atoms with Gasteiger partial charge in [0.15, 0.2) is 0 Å². The number of amides is 4. The first-order valence-electron chi connectivity index (χ1n) is 4.81. The van der Waals surface area contributed by atoms with Gasteiger partial charge in [-0.05, 0) is 18.2 Å². The van der Waals surface area contributed by atoms with Gasteiger partial charge in [0, 0.05) is 0 Å². The van der Waals surface area contributed by atoms with Crippen molar-refractivity contribution in [3.05, 3.63) is 23.8 Å². The Morgan fingerprint density at radius 2 is 1.33 bits per heavy atom. The van der Waals surface area contributed by atoms with E-state index in [1.165, 1.54) is 12.1 Å². The van der Waals surface area contributed by atoms with Crippen molar-refractivity contribution >= 4 is 54.2 Å². The molecule has 0 aliphatic rings. The number of benzene rings is 1. The van der Waals surface area contributed by atoms with Crippen LogP contribution < -0.4 is 33.2 Å². The molecule has 0 fully saturated rings. The van der Waals surface area contributed by atoms with E-state index >= 15 is 0 Å². The molecule has 1 rings (SSSR count). The Hall–Kier alpha value is -2.27. The zero-order valence-electron chi connectivity index (χ0n) is 10.4. The molecular formula is C9H14Cl2N6O4. The minimum Gasteiger partial charge on any atom is -0.478 e. The fourth-order valence-corrected chi connectivity index (χ4v) is 1.29. The molecule has 4 amide bonds. The van der Waals surface area contributed by atoms with Crippen molar-refractivity contribution in [3.63, 3.8) is 0 Å². The van der Waals surface area contributed by atoms with E-state index in [-0.39, 0.29) is 41.8 Å². The lowest BCUT2D eigenvalue weighted by atomic mass is 10.1. The Labute approximate surface area is 131 Å². The molecule has 9 N–H and O–H groups in total. The first kappa shape index (κ1) is 21.0. The second-order valence-electron chi connectivity index (χ2n) is 3.43. The predicted molar refractivity (Wildman–Crippen MR) is 80.4 cm³/mol. The molecule has 0 aliphatic heterocycles. The lowest BCUT2D eigenvalue weighted by Crippen LogP contribution is -2.46. The summed E-state index contributed by atoms with van der Waals surface area (Å²) in [7, 11) is 0. The number of primary amides is 2. The molecule has 118 valence electrons. The number of aromatic carboxylic acids is 1. The largest absolute Gasteiger partial charge is 0.478 e. The number of anilines is 2. The quantitative estimate of drug-likeness (QED) is 0.287. The standard InChI is InChI=1S/C9H12N6O4.2ClH/c10-8(18)14(12)5-2-1-4(7(16)17)3-6(5)15(13)9(11)19;;/h1-3H,12-13H2,(H2,10,18)(H2,11,19)(H,16,17);2*1H. The van der Waals surface area contributed by atoms with Gasteiger partial charge in [-0.3, -0.25) is 0 Å². The second kappa shape index (κ2) is 8.11. The van der Waals surface area contributed by atoms with E-state index in [1.54, 1.807) is 0 Å². The molecule has 0 bridgehead atoms. The molecule has 21 heavy (non-hydrogen) atoms. The van der Waals surface area contributed by atoms with Crippen LogP contribution in [-0.4, -0.2) is 23.1 Å².